The highest BCUT2D eigenvalue weighted by molar-refractivity contribution is 5.87. The first kappa shape index (κ1) is 76.9. The molecule has 5 heterocycles. The molecule has 31 heteroatoms. The number of hydrogen-bond donors (Lipinski definition) is 15. The number of carbonyl (C=O) groups is 3. The molecule has 0 radical (unpaired) electrons. The Balaban J connectivity index is 0.926. The van der Waals surface area contributed by atoms with E-state index < -0.39 is 231 Å². The molecule has 15 N–H and O–H groups in total. The number of hydrogen-bond acceptors (Lipinski definition) is 30. The molecule has 4 saturated carbocycles. The number of benzene rings is 1. The van der Waals surface area contributed by atoms with E-state index in [2.05, 4.69) is 26.8 Å². The van der Waals surface area contributed by atoms with Crippen molar-refractivity contribution in [2.45, 2.75) is 266 Å². The van der Waals surface area contributed by atoms with E-state index in [0.717, 1.165) is 11.6 Å². The standard InChI is InChI=1S/C69H102O31/c1-28-53(96-58-49(81)43(75)35(73)27-90-58)48(80)52(84)59(91-28)98-56-55(97-60-50(82)46(78)44(76)38(25-70)93-60)54(95-42(74)15-11-30-10-13-36(88-8)37(22-30)89-9)29(2)92-62(56)100-64(87)69-19-16-32-31(33(69)23-65(3,4)20-21-69)12-14-40-66(32,5)18-17-41-67(40,6)24-34(72)57(68(41,7)63(85)86)99-61-51(83)47(79)45(77)39(26-71)94-61/h10-13,15,22,28-29,32-35,38-41,43-62,70-73,75-84H,14,16-21,23-27H2,1-9H3,(H,85,86)/b15-11+/t28-,29+,32-,33-,34-,35+,38+,39+,40+,41+,43-,44+,45+,46-,47-,48-,49+,50+,51+,52+,53-,54-,55-,56+,57-,58-,59+,60-,61-,62-,66-,67+,68-,69+/m0/s1. The lowest BCUT2D eigenvalue weighted by molar-refractivity contribution is -0.391. The Bertz CT molecular complexity index is 3110. The Morgan fingerprint density at radius 3 is 1.76 bits per heavy atom. The summed E-state index contributed by atoms with van der Waals surface area (Å²) in [5.74, 6) is -3.81. The molecule has 5 saturated heterocycles. The number of fused-ring (bicyclic) bond motifs is 7. The van der Waals surface area contributed by atoms with Gasteiger partial charge in [0.05, 0.1) is 63.2 Å². The summed E-state index contributed by atoms with van der Waals surface area (Å²) in [6, 6.07) is 4.83. The van der Waals surface area contributed by atoms with Crippen LogP contribution in [0.15, 0.2) is 35.9 Å². The second-order valence-corrected chi connectivity index (χ2v) is 30.8. The van der Waals surface area contributed by atoms with Gasteiger partial charge in [0.15, 0.2) is 48.9 Å². The minimum Gasteiger partial charge on any atom is -0.493 e. The summed E-state index contributed by atoms with van der Waals surface area (Å²) in [6.45, 7) is 10.7. The molecule has 0 bridgehead atoms. The average molecular weight is 1430 g/mol. The molecule has 5 aliphatic carbocycles. The van der Waals surface area contributed by atoms with Gasteiger partial charge in [0.2, 0.25) is 6.29 Å². The van der Waals surface area contributed by atoms with Gasteiger partial charge < -0.3 is 138 Å². The van der Waals surface area contributed by atoms with Gasteiger partial charge in [-0.2, -0.15) is 0 Å². The van der Waals surface area contributed by atoms with Crippen molar-refractivity contribution in [3.63, 3.8) is 0 Å². The molecule has 11 rings (SSSR count). The Morgan fingerprint density at radius 2 is 1.13 bits per heavy atom. The van der Waals surface area contributed by atoms with E-state index in [4.69, 9.17) is 61.6 Å². The molecule has 0 aromatic heterocycles. The number of allylic oxidation sites excluding steroid dienone is 2. The number of carboxylic acid groups (broad SMARTS) is 1. The lowest BCUT2D eigenvalue weighted by Crippen LogP contribution is -2.69. The van der Waals surface area contributed by atoms with Gasteiger partial charge in [-0.3, -0.25) is 9.59 Å². The minimum atomic E-state index is -2.10. The molecule has 5 aliphatic heterocycles. The van der Waals surface area contributed by atoms with E-state index in [1.54, 1.807) is 18.2 Å². The fraction of sp³-hybridized carbons (Fsp3) is 0.812. The monoisotopic (exact) mass is 1430 g/mol. The molecule has 9 fully saturated rings. The number of carbonyl (C=O) groups excluding carboxylic acids is 2. The summed E-state index contributed by atoms with van der Waals surface area (Å²) in [6.07, 6.45) is -37.1. The normalized spacial score (nSPS) is 48.6. The van der Waals surface area contributed by atoms with Gasteiger partial charge >= 0.3 is 17.9 Å². The van der Waals surface area contributed by atoms with Gasteiger partial charge in [-0.15, -0.1) is 0 Å². The summed E-state index contributed by atoms with van der Waals surface area (Å²) in [5, 5.41) is 165. The van der Waals surface area contributed by atoms with Crippen molar-refractivity contribution in [1.29, 1.82) is 0 Å². The van der Waals surface area contributed by atoms with Crippen LogP contribution in [0.25, 0.3) is 6.08 Å². The molecule has 10 aliphatic rings. The second-order valence-electron chi connectivity index (χ2n) is 30.8. The first-order chi connectivity index (χ1) is 47.1. The van der Waals surface area contributed by atoms with Crippen molar-refractivity contribution in [2.75, 3.05) is 34.0 Å². The van der Waals surface area contributed by atoms with E-state index >= 15 is 4.79 Å². The number of esters is 2. The SMILES string of the molecule is COc1ccc(/C=C/C(=O)O[C@@H]2[C@H](O[C@@H]3O[C@H](CO)[C@@H](O)[C@H](O)[C@H]3O)[C@@H](O[C@H]3O[C@@H](C)[C@H](O[C@@H]4OC[C@@H](O)[C@H](O)[C@H]4O)[C@@H](O)[C@H]3O)[C@H](OC(=O)[C@@]34CC[C@H]5C(=CC[C@H]6[C@@]7(C)C[C@H](O)[C@H](O[C@@H]8O[C@H](CO)[C@@H](O)[C@H](O)[C@H]8O)[C@@](C)(C(=O)O)[C@@H]7CC[C@]65C)[C@@H]3CC(C)(C)CC4)O[C@@H]2C)cc1OC. The second kappa shape index (κ2) is 29.6. The third-order valence-corrected chi connectivity index (χ3v) is 24.4. The lowest BCUT2D eigenvalue weighted by Gasteiger charge is -2.68. The molecule has 100 heavy (non-hydrogen) atoms. The zero-order valence-electron chi connectivity index (χ0n) is 57.5. The molecule has 0 amide bonds. The lowest BCUT2D eigenvalue weighted by atomic mass is 9.36. The topological polar surface area (TPSA) is 475 Å². The molecule has 564 valence electrons. The Morgan fingerprint density at radius 1 is 0.550 bits per heavy atom. The van der Waals surface area contributed by atoms with Gasteiger partial charge in [0, 0.05) is 6.08 Å². The van der Waals surface area contributed by atoms with Crippen molar-refractivity contribution < 1.29 is 153 Å². The highest BCUT2D eigenvalue weighted by atomic mass is 16.8. The van der Waals surface area contributed by atoms with Crippen molar-refractivity contribution in [2.24, 2.45) is 50.7 Å². The highest BCUT2D eigenvalue weighted by Gasteiger charge is 2.71. The number of aliphatic hydroxyl groups is 14. The molecule has 0 spiro atoms. The summed E-state index contributed by atoms with van der Waals surface area (Å²) < 4.78 is 78.9. The quantitative estimate of drug-likeness (QED) is 0.0341. The fourth-order valence-electron chi connectivity index (χ4n) is 18.8. The summed E-state index contributed by atoms with van der Waals surface area (Å²) in [7, 11) is 2.88. The van der Waals surface area contributed by atoms with Crippen LogP contribution < -0.4 is 9.47 Å². The van der Waals surface area contributed by atoms with Crippen LogP contribution in [-0.4, -0.2) is 288 Å². The molecular formula is C69H102O31. The van der Waals surface area contributed by atoms with Crippen molar-refractivity contribution in [3.8, 4) is 11.5 Å². The van der Waals surface area contributed by atoms with Crippen LogP contribution in [0.3, 0.4) is 0 Å². The van der Waals surface area contributed by atoms with Crippen LogP contribution in [0, 0.1) is 50.7 Å². The maximum atomic E-state index is 16.2. The third kappa shape index (κ3) is 13.7. The maximum absolute atomic E-state index is 16.2. The summed E-state index contributed by atoms with van der Waals surface area (Å²) in [5.41, 5.74) is -3.36. The van der Waals surface area contributed by atoms with Crippen molar-refractivity contribution in [3.05, 3.63) is 41.5 Å². The van der Waals surface area contributed by atoms with Crippen LogP contribution in [-0.2, 0) is 66.5 Å². The van der Waals surface area contributed by atoms with Gasteiger partial charge in [-0.1, -0.05) is 45.4 Å². The minimum absolute atomic E-state index is 0.0667. The molecule has 1 aromatic carbocycles. The average Bonchev–Trinajstić information content (AvgIpc) is 0.683. The van der Waals surface area contributed by atoms with Crippen LogP contribution in [0.1, 0.15) is 112 Å². The molecule has 31 nitrogen and oxygen atoms in total. The first-order valence-electron chi connectivity index (χ1n) is 34.6. The third-order valence-electron chi connectivity index (χ3n) is 24.4. The number of aliphatic hydroxyl groups excluding tert-OH is 14. The van der Waals surface area contributed by atoms with Gasteiger partial charge in [0.25, 0.3) is 0 Å². The summed E-state index contributed by atoms with van der Waals surface area (Å²) in [4.78, 5) is 44.3. The highest BCUT2D eigenvalue weighted by Crippen LogP contribution is 2.73. The molecule has 34 atom stereocenters. The maximum Gasteiger partial charge on any atom is 0.331 e. The predicted molar refractivity (Wildman–Crippen MR) is 338 cm³/mol. The molecular weight excluding hydrogens is 1320 g/mol. The van der Waals surface area contributed by atoms with Crippen LogP contribution in [0.5, 0.6) is 11.5 Å². The van der Waals surface area contributed by atoms with Crippen molar-refractivity contribution in [1.82, 2.24) is 0 Å². The number of aliphatic carboxylic acids is 1. The van der Waals surface area contributed by atoms with Gasteiger partial charge in [0.1, 0.15) is 97.7 Å². The number of methoxy groups -OCH3 is 2. The van der Waals surface area contributed by atoms with E-state index in [-0.39, 0.29) is 30.1 Å². The van der Waals surface area contributed by atoms with Crippen LogP contribution >= 0.6 is 0 Å². The van der Waals surface area contributed by atoms with E-state index in [0.29, 0.717) is 62.0 Å². The largest absolute Gasteiger partial charge is 0.493 e. The van der Waals surface area contributed by atoms with E-state index in [1.807, 2.05) is 6.92 Å². The number of carboxylic acids is 1. The number of ether oxygens (including phenoxy) is 13. The Kier molecular flexibility index (Phi) is 22.8. The van der Waals surface area contributed by atoms with E-state index in [9.17, 15) is 86.2 Å². The van der Waals surface area contributed by atoms with E-state index in [1.165, 1.54) is 41.1 Å². The van der Waals surface area contributed by atoms with Gasteiger partial charge in [-0.05, 0) is 142 Å². The smallest absolute Gasteiger partial charge is 0.331 e. The molecule has 1 aromatic rings. The zero-order chi connectivity index (χ0) is 72.8. The number of rotatable bonds is 18. The summed E-state index contributed by atoms with van der Waals surface area (Å²) >= 11 is 0. The fourth-order valence-corrected chi connectivity index (χ4v) is 18.8. The van der Waals surface area contributed by atoms with Gasteiger partial charge in [-0.25, -0.2) is 4.79 Å². The zero-order valence-corrected chi connectivity index (χ0v) is 57.5. The first-order valence-corrected chi connectivity index (χ1v) is 34.6. The Labute approximate surface area is 578 Å². The predicted octanol–water partition coefficient (Wildman–Crippen LogP) is -1.59. The Hall–Kier alpha value is -4.21. The van der Waals surface area contributed by atoms with Crippen LogP contribution in [0.2, 0.25) is 0 Å². The molecule has 0 unspecified atom stereocenters. The van der Waals surface area contributed by atoms with Crippen molar-refractivity contribution >= 4 is 24.0 Å². The van der Waals surface area contributed by atoms with Crippen LogP contribution in [0.4, 0.5) is 0 Å².